The van der Waals surface area contributed by atoms with E-state index < -0.39 is 0 Å². The molecule has 0 saturated carbocycles. The van der Waals surface area contributed by atoms with Gasteiger partial charge >= 0.3 is 0 Å². The third kappa shape index (κ3) is 3.63. The van der Waals surface area contributed by atoms with Crippen LogP contribution in [0, 0.1) is 6.92 Å². The highest BCUT2D eigenvalue weighted by Crippen LogP contribution is 2.36. The van der Waals surface area contributed by atoms with Crippen molar-refractivity contribution < 1.29 is 18.7 Å². The Morgan fingerprint density at radius 3 is 2.89 bits per heavy atom. The van der Waals surface area contributed by atoms with Crippen molar-refractivity contribution in [2.45, 2.75) is 6.92 Å². The van der Waals surface area contributed by atoms with Crippen LogP contribution >= 0.6 is 11.6 Å². The van der Waals surface area contributed by atoms with Crippen LogP contribution in [0.1, 0.15) is 11.3 Å². The number of phenols is 1. The van der Waals surface area contributed by atoms with E-state index in [1.165, 1.54) is 12.3 Å². The molecule has 1 amide bonds. The van der Waals surface area contributed by atoms with Gasteiger partial charge in [-0.05, 0) is 61.0 Å². The number of fused-ring (bicyclic) bond motifs is 1. The molecule has 4 rings (SSSR count). The summed E-state index contributed by atoms with van der Waals surface area (Å²) in [6, 6.07) is 11.8. The van der Waals surface area contributed by atoms with Gasteiger partial charge in [0.05, 0.1) is 11.8 Å². The molecule has 2 N–H and O–H groups in total. The molecular formula is C21H15ClN2O4. The van der Waals surface area contributed by atoms with Crippen LogP contribution in [-0.2, 0) is 4.79 Å². The fourth-order valence-corrected chi connectivity index (χ4v) is 2.92. The van der Waals surface area contributed by atoms with Gasteiger partial charge in [0.2, 0.25) is 11.8 Å². The standard InChI is InChI=1S/C21H15ClN2O4/c1-12-9-14(23-19(25)7-5-15-3-2-8-27-15)11-16(20(12)26)21-24-17-10-13(22)4-6-18(17)28-21/h2-11,26H,1H3,(H,23,25). The molecule has 0 aliphatic heterocycles. The first-order chi connectivity index (χ1) is 13.5. The van der Waals surface area contributed by atoms with E-state index >= 15 is 0 Å². The molecule has 6 nitrogen and oxygen atoms in total. The topological polar surface area (TPSA) is 88.5 Å². The second-order valence-corrected chi connectivity index (χ2v) is 6.59. The zero-order valence-corrected chi connectivity index (χ0v) is 15.5. The van der Waals surface area contributed by atoms with Gasteiger partial charge in [-0.1, -0.05) is 11.6 Å². The molecule has 0 radical (unpaired) electrons. The van der Waals surface area contributed by atoms with E-state index in [9.17, 15) is 9.90 Å². The predicted octanol–water partition coefficient (Wildman–Crippen LogP) is 5.41. The summed E-state index contributed by atoms with van der Waals surface area (Å²) in [4.78, 5) is 16.6. The maximum absolute atomic E-state index is 12.2. The lowest BCUT2D eigenvalue weighted by molar-refractivity contribution is -0.111. The number of aryl methyl sites for hydroxylation is 1. The number of anilines is 1. The van der Waals surface area contributed by atoms with Crippen molar-refractivity contribution in [1.82, 2.24) is 4.98 Å². The Balaban J connectivity index is 1.64. The molecule has 2 aromatic carbocycles. The SMILES string of the molecule is Cc1cc(NC(=O)C=Cc2ccco2)cc(-c2nc3cc(Cl)ccc3o2)c1O. The van der Waals surface area contributed by atoms with Crippen molar-refractivity contribution in [3.05, 3.63) is 71.2 Å². The van der Waals surface area contributed by atoms with Crippen LogP contribution in [0.5, 0.6) is 5.75 Å². The lowest BCUT2D eigenvalue weighted by atomic mass is 10.1. The van der Waals surface area contributed by atoms with Crippen LogP contribution in [-0.4, -0.2) is 16.0 Å². The predicted molar refractivity (Wildman–Crippen MR) is 107 cm³/mol. The highest BCUT2D eigenvalue weighted by atomic mass is 35.5. The van der Waals surface area contributed by atoms with E-state index in [2.05, 4.69) is 10.3 Å². The number of aromatic nitrogens is 1. The van der Waals surface area contributed by atoms with E-state index in [0.29, 0.717) is 38.7 Å². The van der Waals surface area contributed by atoms with E-state index in [1.807, 2.05) is 0 Å². The van der Waals surface area contributed by atoms with Gasteiger partial charge in [0, 0.05) is 16.8 Å². The van der Waals surface area contributed by atoms with Gasteiger partial charge < -0.3 is 19.3 Å². The quantitative estimate of drug-likeness (QED) is 0.357. The van der Waals surface area contributed by atoms with Crippen LogP contribution < -0.4 is 5.32 Å². The van der Waals surface area contributed by atoms with Gasteiger partial charge in [-0.15, -0.1) is 0 Å². The maximum atomic E-state index is 12.2. The Morgan fingerprint density at radius 2 is 2.11 bits per heavy atom. The fraction of sp³-hybridized carbons (Fsp3) is 0.0476. The van der Waals surface area contributed by atoms with Crippen LogP contribution in [0.15, 0.2) is 63.6 Å². The monoisotopic (exact) mass is 394 g/mol. The number of aromatic hydroxyl groups is 1. The van der Waals surface area contributed by atoms with Gasteiger partial charge in [-0.2, -0.15) is 0 Å². The third-order valence-corrected chi connectivity index (χ3v) is 4.33. The van der Waals surface area contributed by atoms with Crippen molar-refractivity contribution in [2.75, 3.05) is 5.32 Å². The average Bonchev–Trinajstić information content (AvgIpc) is 3.32. The average molecular weight is 395 g/mol. The second-order valence-electron chi connectivity index (χ2n) is 6.16. The molecule has 0 bridgehead atoms. The molecular weight excluding hydrogens is 380 g/mol. The lowest BCUT2D eigenvalue weighted by Gasteiger charge is -2.09. The Hall–Kier alpha value is -3.51. The second kappa shape index (κ2) is 7.25. The number of hydrogen-bond donors (Lipinski definition) is 2. The van der Waals surface area contributed by atoms with Gasteiger partial charge in [0.15, 0.2) is 5.58 Å². The number of rotatable bonds is 4. The minimum Gasteiger partial charge on any atom is -0.507 e. The Bertz CT molecular complexity index is 1190. The number of nitrogens with one attached hydrogen (secondary N) is 1. The van der Waals surface area contributed by atoms with Gasteiger partial charge in [-0.25, -0.2) is 4.98 Å². The molecule has 0 aliphatic rings. The number of oxazole rings is 1. The Kier molecular flexibility index (Phi) is 4.63. The van der Waals surface area contributed by atoms with E-state index in [0.717, 1.165) is 0 Å². The molecule has 0 fully saturated rings. The summed E-state index contributed by atoms with van der Waals surface area (Å²) in [7, 11) is 0. The van der Waals surface area contributed by atoms with Crippen LogP contribution in [0.2, 0.25) is 5.02 Å². The summed E-state index contributed by atoms with van der Waals surface area (Å²) in [6.45, 7) is 1.73. The molecule has 2 heterocycles. The summed E-state index contributed by atoms with van der Waals surface area (Å²) in [5.74, 6) is 0.501. The number of benzene rings is 2. The highest BCUT2D eigenvalue weighted by Gasteiger charge is 2.16. The Morgan fingerprint density at radius 1 is 1.25 bits per heavy atom. The molecule has 0 atom stereocenters. The van der Waals surface area contributed by atoms with Crippen molar-refractivity contribution in [1.29, 1.82) is 0 Å². The highest BCUT2D eigenvalue weighted by molar-refractivity contribution is 6.31. The van der Waals surface area contributed by atoms with E-state index in [1.54, 1.807) is 55.5 Å². The summed E-state index contributed by atoms with van der Waals surface area (Å²) >= 11 is 5.99. The fourth-order valence-electron chi connectivity index (χ4n) is 2.76. The largest absolute Gasteiger partial charge is 0.507 e. The molecule has 7 heteroatoms. The molecule has 0 unspecified atom stereocenters. The number of carbonyl (C=O) groups is 1. The Labute approximate surface area is 165 Å². The zero-order valence-electron chi connectivity index (χ0n) is 14.8. The molecule has 0 spiro atoms. The van der Waals surface area contributed by atoms with Crippen molar-refractivity contribution in [3.63, 3.8) is 0 Å². The smallest absolute Gasteiger partial charge is 0.248 e. The lowest BCUT2D eigenvalue weighted by Crippen LogP contribution is -2.08. The van der Waals surface area contributed by atoms with Crippen LogP contribution in [0.3, 0.4) is 0 Å². The van der Waals surface area contributed by atoms with Gasteiger partial charge in [0.1, 0.15) is 17.0 Å². The third-order valence-electron chi connectivity index (χ3n) is 4.09. The number of furan rings is 1. The first kappa shape index (κ1) is 17.9. The van der Waals surface area contributed by atoms with Crippen LogP contribution in [0.4, 0.5) is 5.69 Å². The maximum Gasteiger partial charge on any atom is 0.248 e. The van der Waals surface area contributed by atoms with Crippen molar-refractivity contribution >= 4 is 40.4 Å². The number of nitrogens with zero attached hydrogens (tertiary/aromatic N) is 1. The summed E-state index contributed by atoms with van der Waals surface area (Å²) in [5.41, 5.74) is 2.57. The van der Waals surface area contributed by atoms with Crippen molar-refractivity contribution in [3.8, 4) is 17.2 Å². The summed E-state index contributed by atoms with van der Waals surface area (Å²) < 4.78 is 10.9. The van der Waals surface area contributed by atoms with E-state index in [4.69, 9.17) is 20.4 Å². The molecule has 4 aromatic rings. The van der Waals surface area contributed by atoms with Crippen molar-refractivity contribution in [2.24, 2.45) is 0 Å². The minimum absolute atomic E-state index is 0.0294. The normalized spacial score (nSPS) is 11.4. The molecule has 140 valence electrons. The van der Waals surface area contributed by atoms with Gasteiger partial charge in [0.25, 0.3) is 0 Å². The molecule has 28 heavy (non-hydrogen) atoms. The number of halogens is 1. The number of phenolic OH excluding ortho intramolecular Hbond substituents is 1. The first-order valence-corrected chi connectivity index (χ1v) is 8.80. The van der Waals surface area contributed by atoms with Gasteiger partial charge in [-0.3, -0.25) is 4.79 Å². The minimum atomic E-state index is -0.336. The summed E-state index contributed by atoms with van der Waals surface area (Å²) in [5, 5.41) is 13.7. The number of amides is 1. The summed E-state index contributed by atoms with van der Waals surface area (Å²) in [6.07, 6.45) is 4.46. The molecule has 2 aromatic heterocycles. The number of hydrogen-bond acceptors (Lipinski definition) is 5. The molecule has 0 saturated heterocycles. The van der Waals surface area contributed by atoms with Crippen LogP contribution in [0.25, 0.3) is 28.6 Å². The zero-order chi connectivity index (χ0) is 19.7. The van der Waals surface area contributed by atoms with E-state index in [-0.39, 0.29) is 17.5 Å². The number of carbonyl (C=O) groups excluding carboxylic acids is 1. The first-order valence-electron chi connectivity index (χ1n) is 8.42. The molecule has 0 aliphatic carbocycles.